The lowest BCUT2D eigenvalue weighted by molar-refractivity contribution is -0.138. The van der Waals surface area contributed by atoms with Gasteiger partial charge in [-0.05, 0) is 37.8 Å². The average molecular weight is 296 g/mol. The zero-order valence-corrected chi connectivity index (χ0v) is 12.5. The Hall–Kier alpha value is -0.330. The first-order valence-electron chi connectivity index (χ1n) is 7.35. The summed E-state index contributed by atoms with van der Waals surface area (Å²) in [6.45, 7) is 6.81. The molecule has 1 aliphatic rings. The molecular formula is C14H27F3N2O. The van der Waals surface area contributed by atoms with Gasteiger partial charge in [-0.25, -0.2) is 0 Å². The summed E-state index contributed by atoms with van der Waals surface area (Å²) in [6.07, 6.45) is -2.22. The Kier molecular flexibility index (Phi) is 6.75. The Morgan fingerprint density at radius 3 is 2.25 bits per heavy atom. The molecule has 1 fully saturated rings. The van der Waals surface area contributed by atoms with Crippen LogP contribution in [0.2, 0.25) is 0 Å². The molecule has 0 aromatic heterocycles. The molecule has 3 nitrogen and oxygen atoms in total. The van der Waals surface area contributed by atoms with Crippen LogP contribution in [0.15, 0.2) is 0 Å². The molecule has 0 radical (unpaired) electrons. The lowest BCUT2D eigenvalue weighted by Gasteiger charge is -2.34. The molecule has 0 aliphatic carbocycles. The van der Waals surface area contributed by atoms with Crippen LogP contribution in [0.1, 0.15) is 39.5 Å². The van der Waals surface area contributed by atoms with Gasteiger partial charge in [0.05, 0.1) is 6.42 Å². The molecule has 0 atom stereocenters. The topological polar surface area (TPSA) is 35.5 Å². The van der Waals surface area contributed by atoms with Gasteiger partial charge in [0, 0.05) is 25.7 Å². The van der Waals surface area contributed by atoms with Crippen LogP contribution in [0.25, 0.3) is 0 Å². The molecule has 1 heterocycles. The maximum atomic E-state index is 12.2. The highest BCUT2D eigenvalue weighted by Gasteiger charge is 2.29. The van der Waals surface area contributed by atoms with Crippen LogP contribution in [0.4, 0.5) is 13.2 Å². The number of aliphatic hydroxyl groups excluding tert-OH is 1. The average Bonchev–Trinajstić information content (AvgIpc) is 2.34. The Bertz CT molecular complexity index is 274. The Labute approximate surface area is 119 Å². The van der Waals surface area contributed by atoms with E-state index in [-0.39, 0.29) is 18.6 Å². The Balaban J connectivity index is 2.19. The number of nitrogens with one attached hydrogen (secondary N) is 1. The third-order valence-electron chi connectivity index (χ3n) is 3.96. The molecule has 0 saturated carbocycles. The van der Waals surface area contributed by atoms with E-state index in [2.05, 4.69) is 19.2 Å². The van der Waals surface area contributed by atoms with E-state index >= 15 is 0 Å². The molecule has 0 unspecified atom stereocenters. The van der Waals surface area contributed by atoms with Gasteiger partial charge in [-0.1, -0.05) is 13.8 Å². The van der Waals surface area contributed by atoms with Crippen LogP contribution in [0.5, 0.6) is 0 Å². The van der Waals surface area contributed by atoms with Gasteiger partial charge in [0.25, 0.3) is 0 Å². The van der Waals surface area contributed by atoms with E-state index in [4.69, 9.17) is 5.11 Å². The largest absolute Gasteiger partial charge is 0.396 e. The van der Waals surface area contributed by atoms with Gasteiger partial charge in [0.1, 0.15) is 0 Å². The number of aliphatic hydroxyl groups is 1. The summed E-state index contributed by atoms with van der Waals surface area (Å²) >= 11 is 0. The molecule has 0 aromatic carbocycles. The molecule has 0 amide bonds. The highest BCUT2D eigenvalue weighted by molar-refractivity contribution is 4.80. The summed E-state index contributed by atoms with van der Waals surface area (Å²) in [6, 6.07) is 0.384. The molecule has 120 valence electrons. The monoisotopic (exact) mass is 296 g/mol. The van der Waals surface area contributed by atoms with E-state index < -0.39 is 12.6 Å². The van der Waals surface area contributed by atoms with Gasteiger partial charge < -0.3 is 15.3 Å². The summed E-state index contributed by atoms with van der Waals surface area (Å²) in [5, 5.41) is 12.5. The fraction of sp³-hybridized carbons (Fsp3) is 1.00. The fourth-order valence-electron chi connectivity index (χ4n) is 2.46. The van der Waals surface area contributed by atoms with E-state index in [0.717, 1.165) is 38.9 Å². The van der Waals surface area contributed by atoms with Gasteiger partial charge in [0.2, 0.25) is 0 Å². The van der Waals surface area contributed by atoms with Crippen molar-refractivity contribution in [2.45, 2.75) is 51.7 Å². The molecule has 1 saturated heterocycles. The molecule has 0 aromatic rings. The summed E-state index contributed by atoms with van der Waals surface area (Å²) < 4.78 is 36.5. The van der Waals surface area contributed by atoms with Crippen molar-refractivity contribution in [2.75, 3.05) is 32.8 Å². The standard InChI is InChI=1S/C14H27F3N2O/c1-13(2,6-10-20)11-18-12-3-7-19(8-4-12)9-5-14(15,16)17/h12,18,20H,3-11H2,1-2H3. The second-order valence-electron chi connectivity index (χ2n) is 6.50. The lowest BCUT2D eigenvalue weighted by Crippen LogP contribution is -2.45. The molecule has 2 N–H and O–H groups in total. The van der Waals surface area contributed by atoms with Crippen molar-refractivity contribution >= 4 is 0 Å². The number of halogens is 3. The number of hydrogen-bond donors (Lipinski definition) is 2. The summed E-state index contributed by atoms with van der Waals surface area (Å²) in [5.41, 5.74) is 0.0577. The highest BCUT2D eigenvalue weighted by atomic mass is 19.4. The first kappa shape index (κ1) is 17.7. The quantitative estimate of drug-likeness (QED) is 0.757. The van der Waals surface area contributed by atoms with Crippen molar-refractivity contribution < 1.29 is 18.3 Å². The maximum absolute atomic E-state index is 12.2. The Morgan fingerprint density at radius 1 is 1.15 bits per heavy atom. The summed E-state index contributed by atoms with van der Waals surface area (Å²) in [7, 11) is 0. The van der Waals surface area contributed by atoms with Crippen molar-refractivity contribution in [2.24, 2.45) is 5.41 Å². The number of nitrogens with zero attached hydrogens (tertiary/aromatic N) is 1. The highest BCUT2D eigenvalue weighted by Crippen LogP contribution is 2.22. The van der Waals surface area contributed by atoms with Crippen molar-refractivity contribution in [1.29, 1.82) is 0 Å². The van der Waals surface area contributed by atoms with Crippen molar-refractivity contribution in [3.63, 3.8) is 0 Å². The summed E-state index contributed by atoms with van der Waals surface area (Å²) in [5.74, 6) is 0. The van der Waals surface area contributed by atoms with E-state index in [0.29, 0.717) is 6.04 Å². The van der Waals surface area contributed by atoms with Crippen LogP contribution >= 0.6 is 0 Å². The van der Waals surface area contributed by atoms with Gasteiger partial charge in [-0.15, -0.1) is 0 Å². The van der Waals surface area contributed by atoms with E-state index in [1.807, 2.05) is 4.90 Å². The minimum Gasteiger partial charge on any atom is -0.396 e. The van der Waals surface area contributed by atoms with Gasteiger partial charge in [-0.2, -0.15) is 13.2 Å². The zero-order chi connectivity index (χ0) is 15.2. The molecule has 0 spiro atoms. The van der Waals surface area contributed by atoms with Gasteiger partial charge in [0.15, 0.2) is 0 Å². The predicted molar refractivity (Wildman–Crippen MR) is 73.6 cm³/mol. The van der Waals surface area contributed by atoms with Crippen molar-refractivity contribution in [3.8, 4) is 0 Å². The number of alkyl halides is 3. The lowest BCUT2D eigenvalue weighted by atomic mass is 9.89. The zero-order valence-electron chi connectivity index (χ0n) is 12.5. The number of rotatable bonds is 7. The fourth-order valence-corrected chi connectivity index (χ4v) is 2.46. The van der Waals surface area contributed by atoms with Crippen LogP contribution in [0, 0.1) is 5.41 Å². The summed E-state index contributed by atoms with van der Waals surface area (Å²) in [4.78, 5) is 1.89. The van der Waals surface area contributed by atoms with Crippen LogP contribution < -0.4 is 5.32 Å². The Morgan fingerprint density at radius 2 is 1.75 bits per heavy atom. The van der Waals surface area contributed by atoms with Gasteiger partial charge in [-0.3, -0.25) is 0 Å². The molecular weight excluding hydrogens is 269 g/mol. The maximum Gasteiger partial charge on any atom is 0.390 e. The van der Waals surface area contributed by atoms with E-state index in [1.165, 1.54) is 0 Å². The SMILES string of the molecule is CC(C)(CCO)CNC1CCN(CCC(F)(F)F)CC1. The van der Waals surface area contributed by atoms with Crippen LogP contribution in [-0.4, -0.2) is 55.0 Å². The molecule has 6 heteroatoms. The molecule has 0 bridgehead atoms. The molecule has 1 rings (SSSR count). The normalized spacial score (nSPS) is 19.5. The molecule has 20 heavy (non-hydrogen) atoms. The third kappa shape index (κ3) is 7.45. The minimum absolute atomic E-state index is 0.0577. The van der Waals surface area contributed by atoms with E-state index in [1.54, 1.807) is 0 Å². The van der Waals surface area contributed by atoms with Gasteiger partial charge >= 0.3 is 6.18 Å². The van der Waals surface area contributed by atoms with Crippen LogP contribution in [0.3, 0.4) is 0 Å². The van der Waals surface area contributed by atoms with Crippen LogP contribution in [-0.2, 0) is 0 Å². The number of likely N-dealkylation sites (tertiary alicyclic amines) is 1. The van der Waals surface area contributed by atoms with E-state index in [9.17, 15) is 13.2 Å². The van der Waals surface area contributed by atoms with Crippen molar-refractivity contribution in [3.05, 3.63) is 0 Å². The second-order valence-corrected chi connectivity index (χ2v) is 6.50. The molecule has 1 aliphatic heterocycles. The predicted octanol–water partition coefficient (Wildman–Crippen LogP) is 2.40. The third-order valence-corrected chi connectivity index (χ3v) is 3.96. The smallest absolute Gasteiger partial charge is 0.390 e. The number of hydrogen-bond acceptors (Lipinski definition) is 3. The number of piperidine rings is 1. The first-order chi connectivity index (χ1) is 9.22. The van der Waals surface area contributed by atoms with Crippen molar-refractivity contribution in [1.82, 2.24) is 10.2 Å². The second kappa shape index (κ2) is 7.61. The minimum atomic E-state index is -4.05. The first-order valence-corrected chi connectivity index (χ1v) is 7.35.